The predicted octanol–water partition coefficient (Wildman–Crippen LogP) is -0.125. The van der Waals surface area contributed by atoms with Crippen LogP contribution in [0.5, 0.6) is 0 Å². The van der Waals surface area contributed by atoms with Crippen molar-refractivity contribution in [2.45, 2.75) is 13.5 Å². The average molecular weight is 268 g/mol. The lowest BCUT2D eigenvalue weighted by Crippen LogP contribution is -2.19. The van der Waals surface area contributed by atoms with Crippen LogP contribution in [0.1, 0.15) is 12.6 Å². The maximum absolute atomic E-state index is 11.4. The number of hydrogen-bond acceptors (Lipinski definition) is 5. The Balaban J connectivity index is 2.40. The lowest BCUT2D eigenvalue weighted by Gasteiger charge is -2.03. The summed E-state index contributed by atoms with van der Waals surface area (Å²) >= 11 is 0. The van der Waals surface area contributed by atoms with E-state index in [1.54, 1.807) is 6.07 Å². The van der Waals surface area contributed by atoms with Crippen LogP contribution in [0.4, 0.5) is 0 Å². The molecule has 0 atom stereocenters. The number of amides is 1. The summed E-state index contributed by atoms with van der Waals surface area (Å²) in [6, 6.07) is 1.57. The highest BCUT2D eigenvalue weighted by molar-refractivity contribution is 7.89. The Morgan fingerprint density at radius 3 is 2.83 bits per heavy atom. The fourth-order valence-corrected chi connectivity index (χ4v) is 2.23. The third-order valence-electron chi connectivity index (χ3n) is 2.28. The van der Waals surface area contributed by atoms with Crippen molar-refractivity contribution < 1.29 is 13.2 Å². The first-order valence-electron chi connectivity index (χ1n) is 5.16. The third-order valence-corrected chi connectivity index (χ3v) is 3.29. The van der Waals surface area contributed by atoms with Crippen molar-refractivity contribution in [3.05, 3.63) is 24.2 Å². The Labute approximate surface area is 104 Å². The van der Waals surface area contributed by atoms with Crippen molar-refractivity contribution in [2.24, 2.45) is 0 Å². The van der Waals surface area contributed by atoms with E-state index in [0.29, 0.717) is 11.2 Å². The van der Waals surface area contributed by atoms with E-state index in [0.717, 1.165) is 10.2 Å². The number of nitrogens with one attached hydrogen (secondary N) is 1. The molecule has 0 aromatic carbocycles. The number of hydrogen-bond donors (Lipinski definition) is 1. The minimum atomic E-state index is -3.38. The Kier molecular flexibility index (Phi) is 3.04. The van der Waals surface area contributed by atoms with Gasteiger partial charge >= 0.3 is 0 Å². The minimum absolute atomic E-state index is 0.161. The number of aromatic nitrogens is 3. The molecule has 0 aliphatic heterocycles. The standard InChI is InChI=1S/C10H12N4O3S/c1-7(15)11-5-8-6-12-10-9(13-8)3-4-14(10)18(2,16)17/h3-4,6H,5H2,1-2H3,(H,11,15). The molecule has 2 rings (SSSR count). The fourth-order valence-electron chi connectivity index (χ4n) is 1.49. The van der Waals surface area contributed by atoms with Gasteiger partial charge in [-0.15, -0.1) is 0 Å². The molecule has 7 nitrogen and oxygen atoms in total. The number of carbonyl (C=O) groups is 1. The molecule has 0 radical (unpaired) electrons. The van der Waals surface area contributed by atoms with Crippen LogP contribution in [0.3, 0.4) is 0 Å². The Hall–Kier alpha value is -1.96. The lowest BCUT2D eigenvalue weighted by atomic mass is 10.4. The Bertz CT molecular complexity index is 705. The first-order chi connectivity index (χ1) is 8.38. The van der Waals surface area contributed by atoms with Gasteiger partial charge < -0.3 is 5.32 Å². The van der Waals surface area contributed by atoms with E-state index in [9.17, 15) is 13.2 Å². The van der Waals surface area contributed by atoms with Crippen LogP contribution in [0.2, 0.25) is 0 Å². The zero-order chi connectivity index (χ0) is 13.3. The van der Waals surface area contributed by atoms with Gasteiger partial charge in [0.05, 0.1) is 24.7 Å². The topological polar surface area (TPSA) is 94.0 Å². The molecule has 0 spiro atoms. The molecule has 0 unspecified atom stereocenters. The molecule has 2 heterocycles. The van der Waals surface area contributed by atoms with Crippen molar-refractivity contribution in [3.63, 3.8) is 0 Å². The van der Waals surface area contributed by atoms with Crippen molar-refractivity contribution in [1.29, 1.82) is 0 Å². The van der Waals surface area contributed by atoms with Crippen LogP contribution < -0.4 is 5.32 Å². The van der Waals surface area contributed by atoms with Crippen molar-refractivity contribution in [2.75, 3.05) is 6.26 Å². The third kappa shape index (κ3) is 2.48. The molecular weight excluding hydrogens is 256 g/mol. The molecule has 0 aliphatic carbocycles. The number of nitrogens with zero attached hydrogens (tertiary/aromatic N) is 3. The molecule has 18 heavy (non-hydrogen) atoms. The Morgan fingerprint density at radius 1 is 1.50 bits per heavy atom. The second kappa shape index (κ2) is 4.37. The van der Waals surface area contributed by atoms with Gasteiger partial charge in [0.1, 0.15) is 5.52 Å². The SMILES string of the molecule is CC(=O)NCc1cnc2c(ccn2S(C)(=O)=O)n1. The highest BCUT2D eigenvalue weighted by Gasteiger charge is 2.12. The van der Waals surface area contributed by atoms with Gasteiger partial charge in [0.25, 0.3) is 0 Å². The molecule has 0 fully saturated rings. The quantitative estimate of drug-likeness (QED) is 0.837. The van der Waals surface area contributed by atoms with Crippen LogP contribution in [0, 0.1) is 0 Å². The van der Waals surface area contributed by atoms with E-state index in [1.165, 1.54) is 19.3 Å². The molecular formula is C10H12N4O3S. The minimum Gasteiger partial charge on any atom is -0.351 e. The van der Waals surface area contributed by atoms with Gasteiger partial charge in [-0.05, 0) is 6.07 Å². The summed E-state index contributed by atoms with van der Waals surface area (Å²) in [4.78, 5) is 19.0. The van der Waals surface area contributed by atoms with E-state index >= 15 is 0 Å². The zero-order valence-electron chi connectivity index (χ0n) is 9.91. The maximum atomic E-state index is 11.4. The van der Waals surface area contributed by atoms with Crippen molar-refractivity contribution in [1.82, 2.24) is 19.3 Å². The number of carbonyl (C=O) groups excluding carboxylic acids is 1. The van der Waals surface area contributed by atoms with Gasteiger partial charge in [-0.1, -0.05) is 0 Å². The molecule has 2 aromatic rings. The van der Waals surface area contributed by atoms with Gasteiger partial charge in [0.15, 0.2) is 5.65 Å². The number of rotatable bonds is 3. The van der Waals surface area contributed by atoms with Gasteiger partial charge in [0.2, 0.25) is 15.9 Å². The van der Waals surface area contributed by atoms with Crippen molar-refractivity contribution >= 4 is 27.1 Å². The highest BCUT2D eigenvalue weighted by atomic mass is 32.2. The maximum Gasteiger partial charge on any atom is 0.237 e. The molecule has 96 valence electrons. The summed E-state index contributed by atoms with van der Waals surface area (Å²) in [6.07, 6.45) is 3.95. The smallest absolute Gasteiger partial charge is 0.237 e. The summed E-state index contributed by atoms with van der Waals surface area (Å²) in [5.41, 5.74) is 1.33. The normalized spacial score (nSPS) is 11.7. The summed E-state index contributed by atoms with van der Waals surface area (Å²) in [6.45, 7) is 1.68. The molecule has 0 saturated carbocycles. The lowest BCUT2D eigenvalue weighted by molar-refractivity contribution is -0.119. The van der Waals surface area contributed by atoms with Gasteiger partial charge in [0, 0.05) is 13.1 Å². The van der Waals surface area contributed by atoms with E-state index < -0.39 is 10.0 Å². The summed E-state index contributed by atoms with van der Waals surface area (Å²) in [5.74, 6) is -0.161. The van der Waals surface area contributed by atoms with Crippen LogP contribution in [-0.4, -0.2) is 34.5 Å². The fraction of sp³-hybridized carbons (Fsp3) is 0.300. The van der Waals surface area contributed by atoms with Gasteiger partial charge in [-0.25, -0.2) is 22.4 Å². The van der Waals surface area contributed by atoms with E-state index in [-0.39, 0.29) is 18.1 Å². The molecule has 1 amide bonds. The second-order valence-corrected chi connectivity index (χ2v) is 5.71. The summed E-state index contributed by atoms with van der Waals surface area (Å²) in [5, 5.41) is 2.60. The molecule has 8 heteroatoms. The monoisotopic (exact) mass is 268 g/mol. The van der Waals surface area contributed by atoms with Gasteiger partial charge in [-0.2, -0.15) is 0 Å². The summed E-state index contributed by atoms with van der Waals surface area (Å²) in [7, 11) is -3.38. The van der Waals surface area contributed by atoms with E-state index in [4.69, 9.17) is 0 Å². The second-order valence-electron chi connectivity index (χ2n) is 3.85. The Morgan fingerprint density at radius 2 is 2.22 bits per heavy atom. The van der Waals surface area contributed by atoms with Crippen LogP contribution in [0.15, 0.2) is 18.5 Å². The van der Waals surface area contributed by atoms with Crippen LogP contribution in [-0.2, 0) is 21.4 Å². The molecule has 2 aromatic heterocycles. The van der Waals surface area contributed by atoms with E-state index in [2.05, 4.69) is 15.3 Å². The highest BCUT2D eigenvalue weighted by Crippen LogP contribution is 2.13. The first kappa shape index (κ1) is 12.5. The number of fused-ring (bicyclic) bond motifs is 1. The summed E-state index contributed by atoms with van der Waals surface area (Å²) < 4.78 is 24.0. The van der Waals surface area contributed by atoms with Crippen LogP contribution >= 0.6 is 0 Å². The molecule has 0 saturated heterocycles. The predicted molar refractivity (Wildman–Crippen MR) is 65.3 cm³/mol. The average Bonchev–Trinajstić information content (AvgIpc) is 2.68. The van der Waals surface area contributed by atoms with Gasteiger partial charge in [-0.3, -0.25) is 4.79 Å². The molecule has 0 aliphatic rings. The first-order valence-corrected chi connectivity index (χ1v) is 7.01. The molecule has 1 N–H and O–H groups in total. The zero-order valence-corrected chi connectivity index (χ0v) is 10.7. The molecule has 0 bridgehead atoms. The largest absolute Gasteiger partial charge is 0.351 e. The van der Waals surface area contributed by atoms with Crippen LogP contribution in [0.25, 0.3) is 11.2 Å². The van der Waals surface area contributed by atoms with E-state index in [1.807, 2.05) is 0 Å². The van der Waals surface area contributed by atoms with Crippen molar-refractivity contribution in [3.8, 4) is 0 Å².